The molecule has 2 heterocycles. The van der Waals surface area contributed by atoms with Gasteiger partial charge >= 0.3 is 0 Å². The van der Waals surface area contributed by atoms with E-state index in [2.05, 4.69) is 21.9 Å². The molecule has 24 heavy (non-hydrogen) atoms. The Morgan fingerprint density at radius 3 is 2.50 bits per heavy atom. The molecule has 1 aromatic rings. The summed E-state index contributed by atoms with van der Waals surface area (Å²) in [5.41, 5.74) is 1.19. The van der Waals surface area contributed by atoms with Gasteiger partial charge in [0.1, 0.15) is 0 Å². The quantitative estimate of drug-likeness (QED) is 0.887. The van der Waals surface area contributed by atoms with Crippen LogP contribution in [0.3, 0.4) is 0 Å². The number of aryl methyl sites for hydroxylation is 1. The molecule has 0 aromatic carbocycles. The lowest BCUT2D eigenvalue weighted by Crippen LogP contribution is -2.57. The predicted octanol–water partition coefficient (Wildman–Crippen LogP) is 1.66. The average molecular weight is 328 g/mol. The van der Waals surface area contributed by atoms with E-state index >= 15 is 0 Å². The van der Waals surface area contributed by atoms with E-state index in [-0.39, 0.29) is 17.7 Å². The van der Waals surface area contributed by atoms with Crippen molar-refractivity contribution >= 4 is 5.91 Å². The maximum Gasteiger partial charge on any atom is 0.225 e. The Balaban J connectivity index is 1.30. The third-order valence-corrected chi connectivity index (χ3v) is 7.24. The Morgan fingerprint density at radius 2 is 1.88 bits per heavy atom. The Hall–Kier alpha value is -1.36. The van der Waals surface area contributed by atoms with Crippen molar-refractivity contribution in [3.05, 3.63) is 18.0 Å². The van der Waals surface area contributed by atoms with Gasteiger partial charge in [0.25, 0.3) is 0 Å². The van der Waals surface area contributed by atoms with E-state index in [9.17, 15) is 4.79 Å². The van der Waals surface area contributed by atoms with Gasteiger partial charge in [-0.15, -0.1) is 0 Å². The Kier molecular flexibility index (Phi) is 3.47. The van der Waals surface area contributed by atoms with Crippen molar-refractivity contribution in [3.8, 4) is 0 Å². The molecule has 5 heteroatoms. The van der Waals surface area contributed by atoms with E-state index in [4.69, 9.17) is 0 Å². The minimum atomic E-state index is 0.0476. The van der Waals surface area contributed by atoms with Crippen LogP contribution in [0.25, 0.3) is 0 Å². The SMILES string of the molecule is Cn1cc([C@H]2CNC[C@@H]2C(=O)NC2C3CC4CC(C3)CC2C4)cn1. The molecule has 1 amide bonds. The van der Waals surface area contributed by atoms with Crippen LogP contribution in [0.5, 0.6) is 0 Å². The smallest absolute Gasteiger partial charge is 0.225 e. The summed E-state index contributed by atoms with van der Waals surface area (Å²) in [6.45, 7) is 1.67. The van der Waals surface area contributed by atoms with Gasteiger partial charge in [0, 0.05) is 38.3 Å². The maximum atomic E-state index is 13.0. The molecule has 4 saturated carbocycles. The summed E-state index contributed by atoms with van der Waals surface area (Å²) in [4.78, 5) is 13.0. The van der Waals surface area contributed by atoms with E-state index in [0.717, 1.165) is 36.8 Å². The van der Waals surface area contributed by atoms with Gasteiger partial charge in [-0.3, -0.25) is 9.48 Å². The minimum Gasteiger partial charge on any atom is -0.353 e. The largest absolute Gasteiger partial charge is 0.353 e. The van der Waals surface area contributed by atoms with Crippen LogP contribution >= 0.6 is 0 Å². The highest BCUT2D eigenvalue weighted by Gasteiger charge is 2.49. The van der Waals surface area contributed by atoms with Crippen LogP contribution < -0.4 is 10.6 Å². The van der Waals surface area contributed by atoms with Gasteiger partial charge in [0.2, 0.25) is 5.91 Å². The molecule has 1 aromatic heterocycles. The van der Waals surface area contributed by atoms with Crippen LogP contribution in [0, 0.1) is 29.6 Å². The predicted molar refractivity (Wildman–Crippen MR) is 91.3 cm³/mol. The van der Waals surface area contributed by atoms with Crippen molar-refractivity contribution in [1.82, 2.24) is 20.4 Å². The first-order valence-electron chi connectivity index (χ1n) is 9.67. The fourth-order valence-corrected chi connectivity index (χ4v) is 6.37. The maximum absolute atomic E-state index is 13.0. The first-order valence-corrected chi connectivity index (χ1v) is 9.67. The van der Waals surface area contributed by atoms with Gasteiger partial charge in [-0.25, -0.2) is 0 Å². The van der Waals surface area contributed by atoms with Crippen LogP contribution in [0.1, 0.15) is 43.6 Å². The van der Waals surface area contributed by atoms with Gasteiger partial charge < -0.3 is 10.6 Å². The van der Waals surface area contributed by atoms with Gasteiger partial charge in [0.05, 0.1) is 12.1 Å². The van der Waals surface area contributed by atoms with Gasteiger partial charge in [-0.1, -0.05) is 0 Å². The lowest BCUT2D eigenvalue weighted by molar-refractivity contribution is -0.128. The molecular formula is C19H28N4O. The summed E-state index contributed by atoms with van der Waals surface area (Å²) in [5.74, 6) is 3.98. The number of nitrogens with zero attached hydrogens (tertiary/aromatic N) is 2. The van der Waals surface area contributed by atoms with E-state index < -0.39 is 0 Å². The summed E-state index contributed by atoms with van der Waals surface area (Å²) in [7, 11) is 1.94. The molecule has 4 aliphatic carbocycles. The molecule has 2 atom stereocenters. The molecule has 0 spiro atoms. The van der Waals surface area contributed by atoms with E-state index in [1.54, 1.807) is 0 Å². The number of aromatic nitrogens is 2. The Labute approximate surface area is 143 Å². The van der Waals surface area contributed by atoms with Gasteiger partial charge in [0.15, 0.2) is 0 Å². The molecule has 5 aliphatic rings. The van der Waals surface area contributed by atoms with E-state index in [0.29, 0.717) is 6.04 Å². The summed E-state index contributed by atoms with van der Waals surface area (Å²) >= 11 is 0. The number of hydrogen-bond acceptors (Lipinski definition) is 3. The summed E-state index contributed by atoms with van der Waals surface area (Å²) in [6, 6.07) is 0.445. The van der Waals surface area contributed by atoms with Crippen LogP contribution in [0.2, 0.25) is 0 Å². The number of hydrogen-bond donors (Lipinski definition) is 2. The van der Waals surface area contributed by atoms with Crippen molar-refractivity contribution in [1.29, 1.82) is 0 Å². The van der Waals surface area contributed by atoms with Gasteiger partial charge in [-0.05, 0) is 61.3 Å². The van der Waals surface area contributed by atoms with Crippen molar-refractivity contribution in [2.24, 2.45) is 36.6 Å². The van der Waals surface area contributed by atoms with Crippen LogP contribution in [-0.4, -0.2) is 34.8 Å². The zero-order valence-electron chi connectivity index (χ0n) is 14.4. The zero-order chi connectivity index (χ0) is 16.3. The molecule has 5 fully saturated rings. The number of rotatable bonds is 3. The van der Waals surface area contributed by atoms with E-state index in [1.165, 1.54) is 37.7 Å². The molecule has 0 unspecified atom stereocenters. The normalized spacial score (nSPS) is 43.3. The lowest BCUT2D eigenvalue weighted by Gasteiger charge is -2.54. The third-order valence-electron chi connectivity index (χ3n) is 7.24. The fourth-order valence-electron chi connectivity index (χ4n) is 6.37. The van der Waals surface area contributed by atoms with Gasteiger partial charge in [-0.2, -0.15) is 5.10 Å². The molecule has 5 nitrogen and oxygen atoms in total. The topological polar surface area (TPSA) is 59.0 Å². The second kappa shape index (κ2) is 5.58. The van der Waals surface area contributed by atoms with Crippen molar-refractivity contribution < 1.29 is 4.79 Å². The summed E-state index contributed by atoms with van der Waals surface area (Å²) in [5, 5.41) is 11.2. The first-order chi connectivity index (χ1) is 11.7. The van der Waals surface area contributed by atoms with Crippen molar-refractivity contribution in [3.63, 3.8) is 0 Å². The molecule has 1 aliphatic heterocycles. The minimum absolute atomic E-state index is 0.0476. The number of nitrogens with one attached hydrogen (secondary N) is 2. The van der Waals surface area contributed by atoms with E-state index in [1.807, 2.05) is 17.9 Å². The number of carbonyl (C=O) groups is 1. The highest BCUT2D eigenvalue weighted by molar-refractivity contribution is 5.81. The number of amides is 1. The molecule has 6 rings (SSSR count). The molecule has 2 N–H and O–H groups in total. The molecule has 4 bridgehead atoms. The van der Waals surface area contributed by atoms with Crippen molar-refractivity contribution in [2.45, 2.75) is 44.1 Å². The standard InChI is InChI=1S/C19H28N4O/c1-23-10-15(7-21-23)16-8-20-9-17(16)19(24)22-18-13-3-11-2-12(5-13)6-14(18)4-11/h7,10-14,16-18,20H,2-6,8-9H2,1H3,(H,22,24)/t11?,12?,13?,14?,16-,17+,18?/m1/s1. The van der Waals surface area contributed by atoms with Crippen LogP contribution in [0.15, 0.2) is 12.4 Å². The average Bonchev–Trinajstić information content (AvgIpc) is 3.18. The monoisotopic (exact) mass is 328 g/mol. The second-order valence-electron chi connectivity index (χ2n) is 8.78. The first kappa shape index (κ1) is 14.9. The third kappa shape index (κ3) is 2.40. The fraction of sp³-hybridized carbons (Fsp3) is 0.789. The zero-order valence-corrected chi connectivity index (χ0v) is 14.4. The highest BCUT2D eigenvalue weighted by atomic mass is 16.2. The summed E-state index contributed by atoms with van der Waals surface area (Å²) < 4.78 is 1.83. The lowest BCUT2D eigenvalue weighted by atomic mass is 9.54. The molecule has 0 radical (unpaired) electrons. The number of carbonyl (C=O) groups excluding carboxylic acids is 1. The Morgan fingerprint density at radius 1 is 1.17 bits per heavy atom. The highest BCUT2D eigenvalue weighted by Crippen LogP contribution is 2.53. The van der Waals surface area contributed by atoms with Crippen molar-refractivity contribution in [2.75, 3.05) is 13.1 Å². The van der Waals surface area contributed by atoms with Crippen LogP contribution in [-0.2, 0) is 11.8 Å². The summed E-state index contributed by atoms with van der Waals surface area (Å²) in [6.07, 6.45) is 10.9. The molecular weight excluding hydrogens is 300 g/mol. The molecule has 1 saturated heterocycles. The van der Waals surface area contributed by atoms with Crippen LogP contribution in [0.4, 0.5) is 0 Å². The molecule has 130 valence electrons. The second-order valence-corrected chi connectivity index (χ2v) is 8.78. The Bertz CT molecular complexity index is 611.